The van der Waals surface area contributed by atoms with Crippen LogP contribution in [0.3, 0.4) is 0 Å². The summed E-state index contributed by atoms with van der Waals surface area (Å²) < 4.78 is 0. The third-order valence-electron chi connectivity index (χ3n) is 2.22. The Morgan fingerprint density at radius 2 is 2.00 bits per heavy atom. The van der Waals surface area contributed by atoms with Crippen LogP contribution in [-0.4, -0.2) is 28.4 Å². The van der Waals surface area contributed by atoms with Crippen molar-refractivity contribution in [3.8, 4) is 36.2 Å². The molecule has 0 saturated carbocycles. The molecule has 0 bridgehead atoms. The summed E-state index contributed by atoms with van der Waals surface area (Å²) >= 11 is 0. The number of phenolic OH excluding ortho intramolecular Hbond substituents is 2. The Hall–Kier alpha value is -2.14. The fraction of sp³-hybridized carbons (Fsp3) is 0.231. The highest BCUT2D eigenvalue weighted by molar-refractivity contribution is 5.54. The van der Waals surface area contributed by atoms with E-state index in [1.165, 1.54) is 12.1 Å². The standard InChI is InChI=1S/C13H13NO3/c1-3-5-14-8-12(16)10-6-9(4-2)13(17)11(15)7-10/h1-2,6-7,12,14-17H,5,8H2. The van der Waals surface area contributed by atoms with E-state index >= 15 is 0 Å². The van der Waals surface area contributed by atoms with Crippen molar-refractivity contribution in [3.05, 3.63) is 23.3 Å². The minimum Gasteiger partial charge on any atom is -0.504 e. The second kappa shape index (κ2) is 5.81. The molecule has 0 aromatic heterocycles. The van der Waals surface area contributed by atoms with E-state index in [2.05, 4.69) is 17.2 Å². The third kappa shape index (κ3) is 3.15. The summed E-state index contributed by atoms with van der Waals surface area (Å²) in [5.74, 6) is 3.88. The first-order chi connectivity index (χ1) is 8.10. The summed E-state index contributed by atoms with van der Waals surface area (Å²) in [6, 6.07) is 2.70. The highest BCUT2D eigenvalue weighted by Crippen LogP contribution is 2.31. The predicted octanol–water partition coefficient (Wildman–Crippen LogP) is 0.335. The first kappa shape index (κ1) is 12.9. The van der Waals surface area contributed by atoms with Gasteiger partial charge in [0.2, 0.25) is 0 Å². The normalized spacial score (nSPS) is 11.5. The van der Waals surface area contributed by atoms with Gasteiger partial charge in [0.05, 0.1) is 18.2 Å². The average Bonchev–Trinajstić information content (AvgIpc) is 2.32. The molecule has 4 heteroatoms. The quantitative estimate of drug-likeness (QED) is 0.342. The number of benzene rings is 1. The van der Waals surface area contributed by atoms with Gasteiger partial charge in [0.25, 0.3) is 0 Å². The molecule has 0 amide bonds. The molecule has 0 spiro atoms. The van der Waals surface area contributed by atoms with E-state index in [1.54, 1.807) is 0 Å². The lowest BCUT2D eigenvalue weighted by Gasteiger charge is -2.13. The number of hydrogen-bond donors (Lipinski definition) is 4. The molecule has 0 saturated heterocycles. The van der Waals surface area contributed by atoms with E-state index < -0.39 is 6.10 Å². The highest BCUT2D eigenvalue weighted by atomic mass is 16.3. The van der Waals surface area contributed by atoms with Gasteiger partial charge in [0.1, 0.15) is 0 Å². The molecule has 4 nitrogen and oxygen atoms in total. The summed E-state index contributed by atoms with van der Waals surface area (Å²) in [6.07, 6.45) is 9.36. The molecule has 0 aliphatic heterocycles. The van der Waals surface area contributed by atoms with Crippen LogP contribution in [0.1, 0.15) is 17.2 Å². The second-order valence-corrected chi connectivity index (χ2v) is 3.43. The molecule has 4 N–H and O–H groups in total. The zero-order valence-electron chi connectivity index (χ0n) is 9.14. The van der Waals surface area contributed by atoms with Crippen LogP contribution in [0.2, 0.25) is 0 Å². The van der Waals surface area contributed by atoms with Gasteiger partial charge in [0, 0.05) is 6.54 Å². The van der Waals surface area contributed by atoms with Crippen LogP contribution in [0.25, 0.3) is 0 Å². The molecule has 1 atom stereocenters. The van der Waals surface area contributed by atoms with Crippen LogP contribution >= 0.6 is 0 Å². The summed E-state index contributed by atoms with van der Waals surface area (Å²) in [6.45, 7) is 0.571. The Bertz CT molecular complexity index is 483. The minimum atomic E-state index is -0.859. The number of phenols is 2. The minimum absolute atomic E-state index is 0.135. The molecule has 1 rings (SSSR count). The maximum Gasteiger partial charge on any atom is 0.173 e. The van der Waals surface area contributed by atoms with Crippen molar-refractivity contribution in [2.45, 2.75) is 6.10 Å². The number of hydrogen-bond acceptors (Lipinski definition) is 4. The molecule has 0 aliphatic rings. The van der Waals surface area contributed by atoms with Crippen molar-refractivity contribution in [1.29, 1.82) is 0 Å². The number of rotatable bonds is 4. The monoisotopic (exact) mass is 231 g/mol. The second-order valence-electron chi connectivity index (χ2n) is 3.43. The number of nitrogens with one attached hydrogen (secondary N) is 1. The predicted molar refractivity (Wildman–Crippen MR) is 64.4 cm³/mol. The molecule has 0 fully saturated rings. The van der Waals surface area contributed by atoms with Crippen LogP contribution in [0.5, 0.6) is 11.5 Å². The largest absolute Gasteiger partial charge is 0.504 e. The van der Waals surface area contributed by atoms with Gasteiger partial charge in [-0.15, -0.1) is 12.8 Å². The molecular weight excluding hydrogens is 218 g/mol. The highest BCUT2D eigenvalue weighted by Gasteiger charge is 2.13. The van der Waals surface area contributed by atoms with E-state index in [9.17, 15) is 15.3 Å². The van der Waals surface area contributed by atoms with Crippen molar-refractivity contribution in [3.63, 3.8) is 0 Å². The maximum absolute atomic E-state index is 9.79. The lowest BCUT2D eigenvalue weighted by Crippen LogP contribution is -2.21. The van der Waals surface area contributed by atoms with Crippen LogP contribution in [0.15, 0.2) is 12.1 Å². The summed E-state index contributed by atoms with van der Waals surface area (Å²) in [7, 11) is 0. The van der Waals surface area contributed by atoms with E-state index in [4.69, 9.17) is 12.8 Å². The van der Waals surface area contributed by atoms with Crippen LogP contribution < -0.4 is 5.32 Å². The van der Waals surface area contributed by atoms with Gasteiger partial charge in [-0.2, -0.15) is 0 Å². The Balaban J connectivity index is 2.89. The van der Waals surface area contributed by atoms with Crippen LogP contribution in [0, 0.1) is 24.7 Å². The fourth-order valence-electron chi connectivity index (χ4n) is 1.34. The topological polar surface area (TPSA) is 72.7 Å². The van der Waals surface area contributed by atoms with Crippen molar-refractivity contribution >= 4 is 0 Å². The molecule has 88 valence electrons. The van der Waals surface area contributed by atoms with Gasteiger partial charge in [-0.3, -0.25) is 0 Å². The van der Waals surface area contributed by atoms with Gasteiger partial charge in [-0.25, -0.2) is 0 Å². The van der Waals surface area contributed by atoms with Gasteiger partial charge >= 0.3 is 0 Å². The van der Waals surface area contributed by atoms with Crippen molar-refractivity contribution in [1.82, 2.24) is 5.32 Å². The SMILES string of the molecule is C#CCNCC(O)c1cc(O)c(O)c(C#C)c1. The molecule has 0 radical (unpaired) electrons. The Labute approximate surface area is 99.9 Å². The zero-order chi connectivity index (χ0) is 12.8. The van der Waals surface area contributed by atoms with E-state index in [0.717, 1.165) is 0 Å². The average molecular weight is 231 g/mol. The molecule has 1 unspecified atom stereocenters. The fourth-order valence-corrected chi connectivity index (χ4v) is 1.34. The molecule has 17 heavy (non-hydrogen) atoms. The van der Waals surface area contributed by atoms with Crippen molar-refractivity contribution in [2.75, 3.05) is 13.1 Å². The lowest BCUT2D eigenvalue weighted by molar-refractivity contribution is 0.176. The van der Waals surface area contributed by atoms with Gasteiger partial charge < -0.3 is 20.6 Å². The number of terminal acetylenes is 2. The zero-order valence-corrected chi connectivity index (χ0v) is 9.14. The Kier molecular flexibility index (Phi) is 4.42. The van der Waals surface area contributed by atoms with E-state index in [-0.39, 0.29) is 23.6 Å². The maximum atomic E-state index is 9.79. The smallest absolute Gasteiger partial charge is 0.173 e. The van der Waals surface area contributed by atoms with Crippen LogP contribution in [0.4, 0.5) is 0 Å². The molecule has 1 aromatic rings. The van der Waals surface area contributed by atoms with Gasteiger partial charge in [0.15, 0.2) is 11.5 Å². The molecule has 0 heterocycles. The first-order valence-corrected chi connectivity index (χ1v) is 4.95. The summed E-state index contributed by atoms with van der Waals surface area (Å²) in [5, 5.41) is 31.4. The first-order valence-electron chi connectivity index (χ1n) is 4.95. The Morgan fingerprint density at radius 1 is 1.29 bits per heavy atom. The van der Waals surface area contributed by atoms with Gasteiger partial charge in [-0.05, 0) is 17.7 Å². The number of aliphatic hydroxyl groups is 1. The molecule has 0 aliphatic carbocycles. The van der Waals surface area contributed by atoms with Gasteiger partial charge in [-0.1, -0.05) is 11.8 Å². The molecule has 1 aromatic carbocycles. The van der Waals surface area contributed by atoms with Crippen LogP contribution in [-0.2, 0) is 0 Å². The Morgan fingerprint density at radius 3 is 2.59 bits per heavy atom. The van der Waals surface area contributed by atoms with Crippen molar-refractivity contribution in [2.24, 2.45) is 0 Å². The number of aliphatic hydroxyl groups excluding tert-OH is 1. The van der Waals surface area contributed by atoms with E-state index in [0.29, 0.717) is 12.1 Å². The van der Waals surface area contributed by atoms with E-state index in [1.807, 2.05) is 0 Å². The summed E-state index contributed by atoms with van der Waals surface area (Å²) in [4.78, 5) is 0. The molecular formula is C13H13NO3. The third-order valence-corrected chi connectivity index (χ3v) is 2.22. The lowest BCUT2D eigenvalue weighted by atomic mass is 10.0. The number of aromatic hydroxyl groups is 2. The van der Waals surface area contributed by atoms with Crippen molar-refractivity contribution < 1.29 is 15.3 Å². The summed E-state index contributed by atoms with van der Waals surface area (Å²) in [5.41, 5.74) is 0.550.